The number of nitrogens with one attached hydrogen (secondary N) is 2. The summed E-state index contributed by atoms with van der Waals surface area (Å²) in [5, 5.41) is 7.67. The van der Waals surface area contributed by atoms with Crippen molar-refractivity contribution in [3.63, 3.8) is 0 Å². The number of fused-ring (bicyclic) bond motifs is 1. The number of hydrogen-bond donors (Lipinski definition) is 2. The van der Waals surface area contributed by atoms with Gasteiger partial charge in [0.2, 0.25) is 5.91 Å². The quantitative estimate of drug-likeness (QED) is 0.913. The van der Waals surface area contributed by atoms with E-state index in [0.717, 1.165) is 16.5 Å². The summed E-state index contributed by atoms with van der Waals surface area (Å²) in [6, 6.07) is 7.60. The number of benzene rings is 1. The van der Waals surface area contributed by atoms with Crippen molar-refractivity contribution in [3.05, 3.63) is 41.0 Å². The zero-order chi connectivity index (χ0) is 15.5. The van der Waals surface area contributed by atoms with Crippen molar-refractivity contribution in [1.29, 1.82) is 0 Å². The van der Waals surface area contributed by atoms with E-state index in [0.29, 0.717) is 11.6 Å². The van der Waals surface area contributed by atoms with Gasteiger partial charge in [0.25, 0.3) is 0 Å². The van der Waals surface area contributed by atoms with Gasteiger partial charge in [-0.3, -0.25) is 9.78 Å². The number of amides is 1. The van der Waals surface area contributed by atoms with E-state index < -0.39 is 0 Å². The Morgan fingerprint density at radius 3 is 2.76 bits per heavy atom. The van der Waals surface area contributed by atoms with Crippen LogP contribution in [0.5, 0.6) is 0 Å². The van der Waals surface area contributed by atoms with Crippen LogP contribution in [0.4, 0.5) is 0 Å². The summed E-state index contributed by atoms with van der Waals surface area (Å²) in [7, 11) is 0. The third-order valence-corrected chi connectivity index (χ3v) is 3.25. The highest BCUT2D eigenvalue weighted by molar-refractivity contribution is 6.35. The first kappa shape index (κ1) is 15.7. The van der Waals surface area contributed by atoms with Gasteiger partial charge in [-0.15, -0.1) is 0 Å². The lowest BCUT2D eigenvalue weighted by atomic mass is 10.1. The lowest BCUT2D eigenvalue weighted by Crippen LogP contribution is -2.44. The van der Waals surface area contributed by atoms with Gasteiger partial charge in [0.1, 0.15) is 0 Å². The molecule has 0 bridgehead atoms. The van der Waals surface area contributed by atoms with Crippen LogP contribution in [0.15, 0.2) is 30.5 Å². The van der Waals surface area contributed by atoms with Crippen LogP contribution in [-0.2, 0) is 11.3 Å². The van der Waals surface area contributed by atoms with Gasteiger partial charge in [0, 0.05) is 28.7 Å². The van der Waals surface area contributed by atoms with Gasteiger partial charge in [-0.2, -0.15) is 0 Å². The molecule has 2 aromatic rings. The Labute approximate surface area is 129 Å². The fourth-order valence-corrected chi connectivity index (χ4v) is 2.33. The van der Waals surface area contributed by atoms with Gasteiger partial charge >= 0.3 is 0 Å². The standard InChI is InChI=1S/C16H20ClN3O/c1-16(2,3)20-14(21)10-18-9-11-6-7-13(17)12-5-4-8-19-15(11)12/h4-8,18H,9-10H2,1-3H3,(H,20,21). The van der Waals surface area contributed by atoms with Crippen molar-refractivity contribution in [2.24, 2.45) is 0 Å². The predicted molar refractivity (Wildman–Crippen MR) is 86.4 cm³/mol. The molecule has 0 fully saturated rings. The van der Waals surface area contributed by atoms with E-state index in [4.69, 9.17) is 11.6 Å². The fourth-order valence-electron chi connectivity index (χ4n) is 2.11. The van der Waals surface area contributed by atoms with Crippen LogP contribution >= 0.6 is 11.6 Å². The molecule has 5 heteroatoms. The summed E-state index contributed by atoms with van der Waals surface area (Å²) in [4.78, 5) is 16.1. The number of carbonyl (C=O) groups is 1. The smallest absolute Gasteiger partial charge is 0.234 e. The third-order valence-electron chi connectivity index (χ3n) is 2.92. The van der Waals surface area contributed by atoms with Gasteiger partial charge in [-0.25, -0.2) is 0 Å². The van der Waals surface area contributed by atoms with Crippen LogP contribution in [0.25, 0.3) is 10.9 Å². The number of rotatable bonds is 4. The van der Waals surface area contributed by atoms with Crippen molar-refractivity contribution in [3.8, 4) is 0 Å². The molecule has 0 aliphatic rings. The molecule has 2 rings (SSSR count). The second kappa shape index (κ2) is 6.41. The highest BCUT2D eigenvalue weighted by Gasteiger charge is 2.13. The molecule has 0 atom stereocenters. The Hall–Kier alpha value is -1.65. The average molecular weight is 306 g/mol. The molecule has 1 amide bonds. The summed E-state index contributed by atoms with van der Waals surface area (Å²) in [5.74, 6) is -0.0197. The minimum absolute atomic E-state index is 0.0197. The lowest BCUT2D eigenvalue weighted by Gasteiger charge is -2.20. The fraction of sp³-hybridized carbons (Fsp3) is 0.375. The predicted octanol–water partition coefficient (Wildman–Crippen LogP) is 2.89. The number of halogens is 1. The maximum atomic E-state index is 11.8. The van der Waals surface area contributed by atoms with Crippen molar-refractivity contribution in [1.82, 2.24) is 15.6 Å². The van der Waals surface area contributed by atoms with Crippen molar-refractivity contribution in [2.45, 2.75) is 32.9 Å². The highest BCUT2D eigenvalue weighted by Crippen LogP contribution is 2.24. The highest BCUT2D eigenvalue weighted by atomic mass is 35.5. The lowest BCUT2D eigenvalue weighted by molar-refractivity contribution is -0.121. The maximum Gasteiger partial charge on any atom is 0.234 e. The van der Waals surface area contributed by atoms with Crippen LogP contribution in [-0.4, -0.2) is 23.0 Å². The molecule has 1 aromatic carbocycles. The average Bonchev–Trinajstić information content (AvgIpc) is 2.40. The maximum absolute atomic E-state index is 11.8. The Balaban J connectivity index is 2.02. The molecular weight excluding hydrogens is 286 g/mol. The zero-order valence-corrected chi connectivity index (χ0v) is 13.3. The molecule has 1 aromatic heterocycles. The molecule has 0 radical (unpaired) electrons. The van der Waals surface area contributed by atoms with Crippen molar-refractivity contribution < 1.29 is 4.79 Å². The first-order chi connectivity index (χ1) is 9.87. The summed E-state index contributed by atoms with van der Waals surface area (Å²) < 4.78 is 0. The third kappa shape index (κ3) is 4.41. The van der Waals surface area contributed by atoms with Crippen LogP contribution in [0.2, 0.25) is 5.02 Å². The topological polar surface area (TPSA) is 54.0 Å². The number of nitrogens with zero attached hydrogens (tertiary/aromatic N) is 1. The second-order valence-corrected chi connectivity index (χ2v) is 6.42. The molecule has 0 saturated heterocycles. The summed E-state index contributed by atoms with van der Waals surface area (Å²) in [6.45, 7) is 6.72. The second-order valence-electron chi connectivity index (χ2n) is 6.01. The van der Waals surface area contributed by atoms with Crippen LogP contribution < -0.4 is 10.6 Å². The zero-order valence-electron chi connectivity index (χ0n) is 12.5. The number of pyridine rings is 1. The molecule has 0 unspecified atom stereocenters. The van der Waals surface area contributed by atoms with Gasteiger partial charge in [-0.1, -0.05) is 17.7 Å². The first-order valence-electron chi connectivity index (χ1n) is 6.91. The summed E-state index contributed by atoms with van der Waals surface area (Å²) in [6.07, 6.45) is 1.74. The Bertz CT molecular complexity index is 650. The molecule has 0 aliphatic heterocycles. The van der Waals surface area contributed by atoms with E-state index in [2.05, 4.69) is 15.6 Å². The van der Waals surface area contributed by atoms with Crippen LogP contribution in [0, 0.1) is 0 Å². The summed E-state index contributed by atoms with van der Waals surface area (Å²) in [5.41, 5.74) is 1.68. The SMILES string of the molecule is CC(C)(C)NC(=O)CNCc1ccc(Cl)c2cccnc12. The molecule has 4 nitrogen and oxygen atoms in total. The van der Waals surface area contributed by atoms with E-state index >= 15 is 0 Å². The minimum atomic E-state index is -0.215. The normalized spacial score (nSPS) is 11.6. The number of hydrogen-bond acceptors (Lipinski definition) is 3. The van der Waals surface area contributed by atoms with Gasteiger partial charge in [-0.05, 0) is 44.5 Å². The molecule has 0 aliphatic carbocycles. The van der Waals surface area contributed by atoms with E-state index in [1.807, 2.05) is 45.0 Å². The molecule has 0 saturated carbocycles. The largest absolute Gasteiger partial charge is 0.350 e. The Morgan fingerprint density at radius 1 is 1.29 bits per heavy atom. The van der Waals surface area contributed by atoms with E-state index in [1.54, 1.807) is 6.20 Å². The van der Waals surface area contributed by atoms with E-state index in [-0.39, 0.29) is 18.0 Å². The van der Waals surface area contributed by atoms with Crippen LogP contribution in [0.1, 0.15) is 26.3 Å². The van der Waals surface area contributed by atoms with Crippen LogP contribution in [0.3, 0.4) is 0 Å². The Morgan fingerprint density at radius 2 is 2.05 bits per heavy atom. The molecule has 1 heterocycles. The van der Waals surface area contributed by atoms with Gasteiger partial charge in [0.15, 0.2) is 0 Å². The minimum Gasteiger partial charge on any atom is -0.350 e. The summed E-state index contributed by atoms with van der Waals surface area (Å²) >= 11 is 6.16. The van der Waals surface area contributed by atoms with Crippen molar-refractivity contribution >= 4 is 28.4 Å². The molecule has 0 spiro atoms. The molecule has 112 valence electrons. The van der Waals surface area contributed by atoms with Gasteiger partial charge < -0.3 is 10.6 Å². The number of carbonyl (C=O) groups excluding carboxylic acids is 1. The van der Waals surface area contributed by atoms with E-state index in [9.17, 15) is 4.79 Å². The number of aromatic nitrogens is 1. The Kier molecular flexibility index (Phi) is 4.80. The van der Waals surface area contributed by atoms with Gasteiger partial charge in [0.05, 0.1) is 12.1 Å². The van der Waals surface area contributed by atoms with E-state index in [1.165, 1.54) is 0 Å². The molecule has 21 heavy (non-hydrogen) atoms. The first-order valence-corrected chi connectivity index (χ1v) is 7.28. The molecular formula is C16H20ClN3O. The molecule has 2 N–H and O–H groups in total. The monoisotopic (exact) mass is 305 g/mol. The van der Waals surface area contributed by atoms with Crippen molar-refractivity contribution in [2.75, 3.05) is 6.54 Å².